The second kappa shape index (κ2) is 6.90. The standard InChI is InChI=1S/C23H38O3/c1-6-15-7-8-20-18-13-21(24-3)19-14-23(25-4,26-5)12-10-17(19)16(18)9-11-22(15,20)2/h6,16-21H,7-14H2,1-5H3/b15-6-/t16-,17?,18-,19?,20+,21-,22-/m1/s1. The van der Waals surface area contributed by atoms with E-state index in [0.29, 0.717) is 17.4 Å². The van der Waals surface area contributed by atoms with Crippen LogP contribution in [0.3, 0.4) is 0 Å². The van der Waals surface area contributed by atoms with Crippen LogP contribution in [0.5, 0.6) is 0 Å². The highest BCUT2D eigenvalue weighted by Crippen LogP contribution is 2.64. The van der Waals surface area contributed by atoms with Crippen LogP contribution in [0.1, 0.15) is 65.2 Å². The Morgan fingerprint density at radius 1 is 0.923 bits per heavy atom. The van der Waals surface area contributed by atoms with Crippen LogP contribution < -0.4 is 0 Å². The van der Waals surface area contributed by atoms with Crippen molar-refractivity contribution in [2.75, 3.05) is 21.3 Å². The minimum Gasteiger partial charge on any atom is -0.381 e. The zero-order valence-corrected chi connectivity index (χ0v) is 17.4. The van der Waals surface area contributed by atoms with Gasteiger partial charge in [0.15, 0.2) is 5.79 Å². The smallest absolute Gasteiger partial charge is 0.167 e. The normalized spacial score (nSPS) is 48.7. The monoisotopic (exact) mass is 362 g/mol. The van der Waals surface area contributed by atoms with Gasteiger partial charge in [-0.2, -0.15) is 0 Å². The summed E-state index contributed by atoms with van der Waals surface area (Å²) in [5.74, 6) is 3.57. The van der Waals surface area contributed by atoms with Crippen LogP contribution in [-0.2, 0) is 14.2 Å². The van der Waals surface area contributed by atoms with E-state index in [2.05, 4.69) is 19.9 Å². The molecule has 0 saturated heterocycles. The van der Waals surface area contributed by atoms with E-state index >= 15 is 0 Å². The highest BCUT2D eigenvalue weighted by molar-refractivity contribution is 5.23. The van der Waals surface area contributed by atoms with Crippen molar-refractivity contribution in [3.8, 4) is 0 Å². The summed E-state index contributed by atoms with van der Waals surface area (Å²) in [6.07, 6.45) is 12.8. The molecule has 3 heteroatoms. The van der Waals surface area contributed by atoms with Gasteiger partial charge in [0.1, 0.15) is 0 Å². The number of hydrogen-bond acceptors (Lipinski definition) is 3. The van der Waals surface area contributed by atoms with Gasteiger partial charge in [-0.15, -0.1) is 0 Å². The molecule has 4 rings (SSSR count). The highest BCUT2D eigenvalue weighted by Gasteiger charge is 2.58. The average molecular weight is 363 g/mol. The third-order valence-corrected chi connectivity index (χ3v) is 9.22. The fourth-order valence-corrected chi connectivity index (χ4v) is 7.83. The second-order valence-corrected chi connectivity index (χ2v) is 9.64. The van der Waals surface area contributed by atoms with Crippen molar-refractivity contribution < 1.29 is 14.2 Å². The number of rotatable bonds is 3. The lowest BCUT2D eigenvalue weighted by molar-refractivity contribution is -0.258. The molecule has 0 bridgehead atoms. The van der Waals surface area contributed by atoms with Crippen molar-refractivity contribution in [2.24, 2.45) is 35.0 Å². The molecular formula is C23H38O3. The molecule has 4 aliphatic rings. The largest absolute Gasteiger partial charge is 0.381 e. The summed E-state index contributed by atoms with van der Waals surface area (Å²) in [6, 6.07) is 0. The maximum absolute atomic E-state index is 6.10. The third-order valence-electron chi connectivity index (χ3n) is 9.22. The topological polar surface area (TPSA) is 27.7 Å². The molecule has 0 aliphatic heterocycles. The lowest BCUT2D eigenvalue weighted by atomic mass is 9.49. The predicted octanol–water partition coefficient (Wildman–Crippen LogP) is 5.20. The zero-order valence-electron chi connectivity index (χ0n) is 17.4. The summed E-state index contributed by atoms with van der Waals surface area (Å²) < 4.78 is 17.8. The number of allylic oxidation sites excluding steroid dienone is 2. The van der Waals surface area contributed by atoms with Gasteiger partial charge in [-0.1, -0.05) is 18.6 Å². The number of hydrogen-bond donors (Lipinski definition) is 0. The van der Waals surface area contributed by atoms with Crippen LogP contribution in [0.25, 0.3) is 0 Å². The molecule has 4 saturated carbocycles. The summed E-state index contributed by atoms with van der Waals surface area (Å²) in [4.78, 5) is 0. The first-order valence-corrected chi connectivity index (χ1v) is 10.8. The van der Waals surface area contributed by atoms with Crippen LogP contribution in [-0.4, -0.2) is 33.2 Å². The van der Waals surface area contributed by atoms with Crippen LogP contribution in [0.15, 0.2) is 11.6 Å². The maximum Gasteiger partial charge on any atom is 0.167 e. The summed E-state index contributed by atoms with van der Waals surface area (Å²) in [5, 5.41) is 0. The van der Waals surface area contributed by atoms with Crippen LogP contribution in [0, 0.1) is 35.0 Å². The van der Waals surface area contributed by atoms with E-state index in [-0.39, 0.29) is 5.79 Å². The molecule has 0 radical (unpaired) electrons. The molecule has 2 unspecified atom stereocenters. The first kappa shape index (κ1) is 19.0. The number of fused-ring (bicyclic) bond motifs is 5. The number of methoxy groups -OCH3 is 3. The summed E-state index contributed by atoms with van der Waals surface area (Å²) >= 11 is 0. The van der Waals surface area contributed by atoms with E-state index in [9.17, 15) is 0 Å². The van der Waals surface area contributed by atoms with Gasteiger partial charge in [-0.05, 0) is 80.5 Å². The fraction of sp³-hybridized carbons (Fsp3) is 0.913. The SMILES string of the molecule is C/C=C1/CC[C@H]2[C@@H]3C[C@@H](OC)C4CC(OC)(OC)CCC4[C@H]3CC[C@]12C. The summed E-state index contributed by atoms with van der Waals surface area (Å²) in [7, 11) is 5.53. The molecular weight excluding hydrogens is 324 g/mol. The molecule has 0 aromatic heterocycles. The van der Waals surface area contributed by atoms with Gasteiger partial charge in [0, 0.05) is 34.2 Å². The molecule has 0 aromatic rings. The zero-order chi connectivity index (χ0) is 18.5. The van der Waals surface area contributed by atoms with Crippen molar-refractivity contribution in [2.45, 2.75) is 77.1 Å². The molecule has 0 aromatic carbocycles. The first-order valence-electron chi connectivity index (χ1n) is 10.8. The van der Waals surface area contributed by atoms with E-state index in [0.717, 1.165) is 36.5 Å². The highest BCUT2D eigenvalue weighted by atomic mass is 16.7. The van der Waals surface area contributed by atoms with Crippen molar-refractivity contribution in [3.63, 3.8) is 0 Å². The van der Waals surface area contributed by atoms with E-state index in [1.807, 2.05) is 7.11 Å². The van der Waals surface area contributed by atoms with Gasteiger partial charge in [0.2, 0.25) is 0 Å². The van der Waals surface area contributed by atoms with Gasteiger partial charge >= 0.3 is 0 Å². The van der Waals surface area contributed by atoms with E-state index in [1.165, 1.54) is 38.5 Å². The molecule has 3 nitrogen and oxygen atoms in total. The molecule has 0 amide bonds. The second-order valence-electron chi connectivity index (χ2n) is 9.64. The van der Waals surface area contributed by atoms with E-state index < -0.39 is 0 Å². The molecule has 0 spiro atoms. The Kier molecular flexibility index (Phi) is 5.03. The van der Waals surface area contributed by atoms with Crippen molar-refractivity contribution >= 4 is 0 Å². The fourth-order valence-electron chi connectivity index (χ4n) is 7.83. The average Bonchev–Trinajstić information content (AvgIpc) is 3.03. The van der Waals surface area contributed by atoms with Crippen molar-refractivity contribution in [1.82, 2.24) is 0 Å². The molecule has 26 heavy (non-hydrogen) atoms. The lowest BCUT2D eigenvalue weighted by Gasteiger charge is -2.58. The Morgan fingerprint density at radius 3 is 2.27 bits per heavy atom. The van der Waals surface area contributed by atoms with E-state index in [1.54, 1.807) is 19.8 Å². The summed E-state index contributed by atoms with van der Waals surface area (Å²) in [5.41, 5.74) is 2.19. The molecule has 7 atom stereocenters. The van der Waals surface area contributed by atoms with Gasteiger partial charge in [-0.3, -0.25) is 0 Å². The van der Waals surface area contributed by atoms with Crippen LogP contribution in [0.2, 0.25) is 0 Å². The van der Waals surface area contributed by atoms with Crippen molar-refractivity contribution in [3.05, 3.63) is 11.6 Å². The van der Waals surface area contributed by atoms with E-state index in [4.69, 9.17) is 14.2 Å². The Hall–Kier alpha value is -0.380. The number of ether oxygens (including phenoxy) is 3. The molecule has 4 fully saturated rings. The molecule has 0 heterocycles. The maximum atomic E-state index is 6.10. The minimum absolute atomic E-state index is 0.364. The van der Waals surface area contributed by atoms with Gasteiger partial charge in [0.05, 0.1) is 6.10 Å². The quantitative estimate of drug-likeness (QED) is 0.510. The van der Waals surface area contributed by atoms with Gasteiger partial charge < -0.3 is 14.2 Å². The molecule has 148 valence electrons. The third kappa shape index (κ3) is 2.64. The summed E-state index contributed by atoms with van der Waals surface area (Å²) in [6.45, 7) is 4.81. The molecule has 4 aliphatic carbocycles. The minimum atomic E-state index is -0.389. The van der Waals surface area contributed by atoms with Crippen LogP contribution >= 0.6 is 0 Å². The van der Waals surface area contributed by atoms with Crippen molar-refractivity contribution in [1.29, 1.82) is 0 Å². The Bertz CT molecular complexity index is 552. The Labute approximate surface area is 159 Å². The first-order chi connectivity index (χ1) is 12.5. The van der Waals surface area contributed by atoms with Crippen LogP contribution in [0.4, 0.5) is 0 Å². The Balaban J connectivity index is 1.61. The Morgan fingerprint density at radius 2 is 1.62 bits per heavy atom. The molecule has 0 N–H and O–H groups in total. The van der Waals surface area contributed by atoms with Gasteiger partial charge in [0.25, 0.3) is 0 Å². The predicted molar refractivity (Wildman–Crippen MR) is 104 cm³/mol. The van der Waals surface area contributed by atoms with Gasteiger partial charge in [-0.25, -0.2) is 0 Å². The lowest BCUT2D eigenvalue weighted by Crippen LogP contribution is -2.55.